The van der Waals surface area contributed by atoms with E-state index in [0.717, 1.165) is 30.5 Å². The summed E-state index contributed by atoms with van der Waals surface area (Å²) in [7, 11) is -7.07. The highest BCUT2D eigenvalue weighted by molar-refractivity contribution is 7.92. The molecule has 9 nitrogen and oxygen atoms in total. The average molecular weight is 701 g/mol. The Labute approximate surface area is 265 Å². The van der Waals surface area contributed by atoms with Gasteiger partial charge in [0, 0.05) is 31.2 Å². The molecule has 0 spiro atoms. The van der Waals surface area contributed by atoms with E-state index in [4.69, 9.17) is 23.2 Å². The normalized spacial score (nSPS) is 18.3. The van der Waals surface area contributed by atoms with Gasteiger partial charge < -0.3 is 14.5 Å². The summed E-state index contributed by atoms with van der Waals surface area (Å²) in [5, 5.41) is -0.00688. The second-order valence-electron chi connectivity index (χ2n) is 11.0. The quantitative estimate of drug-likeness (QED) is 0.335. The van der Waals surface area contributed by atoms with Crippen LogP contribution < -0.4 is 9.64 Å². The first-order chi connectivity index (χ1) is 20.5. The molecule has 0 aromatic heterocycles. The third-order valence-corrected chi connectivity index (χ3v) is 12.3. The van der Waals surface area contributed by atoms with Gasteiger partial charge >= 0.3 is 6.36 Å². The molecule has 2 aliphatic rings. The van der Waals surface area contributed by atoms with Crippen LogP contribution in [0.2, 0.25) is 10.0 Å². The third kappa shape index (κ3) is 9.00. The summed E-state index contributed by atoms with van der Waals surface area (Å²) in [5.74, 6) is -0.954. The summed E-state index contributed by atoms with van der Waals surface area (Å²) in [6.07, 6.45) is -1.59. The van der Waals surface area contributed by atoms with Crippen LogP contribution in [0, 0.1) is 5.92 Å². The zero-order chi connectivity index (χ0) is 32.3. The summed E-state index contributed by atoms with van der Waals surface area (Å²) in [6, 6.07) is 9.21. The number of likely N-dealkylation sites (tertiary alicyclic amines) is 1. The molecule has 2 aromatic rings. The van der Waals surface area contributed by atoms with Crippen molar-refractivity contribution in [3.05, 3.63) is 52.5 Å². The molecular weight excluding hydrogens is 666 g/mol. The van der Waals surface area contributed by atoms with E-state index in [1.54, 1.807) is 23.1 Å². The van der Waals surface area contributed by atoms with Gasteiger partial charge in [-0.05, 0) is 94.2 Å². The lowest BCUT2D eigenvalue weighted by Crippen LogP contribution is -2.45. The molecule has 2 heterocycles. The van der Waals surface area contributed by atoms with Gasteiger partial charge in [-0.15, -0.1) is 13.2 Å². The van der Waals surface area contributed by atoms with Crippen molar-refractivity contribution in [2.24, 2.45) is 5.92 Å². The molecule has 244 valence electrons. The first kappa shape index (κ1) is 34.8. The van der Waals surface area contributed by atoms with Crippen LogP contribution in [0.1, 0.15) is 32.1 Å². The van der Waals surface area contributed by atoms with E-state index >= 15 is 0 Å². The highest BCUT2D eigenvalue weighted by Gasteiger charge is 2.34. The molecule has 0 unspecified atom stereocenters. The first-order valence-corrected chi connectivity index (χ1v) is 18.2. The Bertz CT molecular complexity index is 1530. The maximum Gasteiger partial charge on any atom is 0.573 e. The number of carbonyl (C=O) groups is 1. The van der Waals surface area contributed by atoms with Crippen LogP contribution in [-0.2, 0) is 24.7 Å². The van der Waals surface area contributed by atoms with Crippen LogP contribution in [-0.4, -0.2) is 89.1 Å². The lowest BCUT2D eigenvalue weighted by atomic mass is 9.96. The number of hydrogen-bond acceptors (Lipinski definition) is 7. The van der Waals surface area contributed by atoms with Crippen LogP contribution in [0.3, 0.4) is 0 Å². The summed E-state index contributed by atoms with van der Waals surface area (Å²) >= 11 is 12.3. The summed E-state index contributed by atoms with van der Waals surface area (Å²) in [5.41, 5.74) is 0.589. The van der Waals surface area contributed by atoms with Gasteiger partial charge in [0.2, 0.25) is 15.9 Å². The predicted octanol–water partition coefficient (Wildman–Crippen LogP) is 5.23. The van der Waals surface area contributed by atoms with Crippen LogP contribution >= 0.6 is 23.2 Å². The van der Waals surface area contributed by atoms with Gasteiger partial charge in [-0.2, -0.15) is 0 Å². The second kappa shape index (κ2) is 14.1. The monoisotopic (exact) mass is 699 g/mol. The zero-order valence-corrected chi connectivity index (χ0v) is 27.1. The average Bonchev–Trinajstić information content (AvgIpc) is 2.96. The number of halogens is 5. The number of piperidine rings is 2. The van der Waals surface area contributed by atoms with Crippen molar-refractivity contribution < 1.29 is 39.5 Å². The number of benzene rings is 2. The Morgan fingerprint density at radius 2 is 1.55 bits per heavy atom. The number of anilines is 1. The van der Waals surface area contributed by atoms with Gasteiger partial charge in [0.05, 0.1) is 26.4 Å². The minimum absolute atomic E-state index is 0.0522. The van der Waals surface area contributed by atoms with Gasteiger partial charge in [-0.25, -0.2) is 21.1 Å². The number of amides is 1. The third-order valence-electron chi connectivity index (χ3n) is 7.97. The fraction of sp³-hybridized carbons (Fsp3) is 0.536. The molecule has 2 saturated heterocycles. The van der Waals surface area contributed by atoms with Crippen molar-refractivity contribution in [3.8, 4) is 5.75 Å². The molecule has 44 heavy (non-hydrogen) atoms. The molecule has 4 rings (SSSR count). The molecule has 0 bridgehead atoms. The number of rotatable bonds is 10. The minimum Gasteiger partial charge on any atom is -0.406 e. The molecule has 0 aliphatic carbocycles. The number of sulfonamides is 1. The Balaban J connectivity index is 1.34. The Morgan fingerprint density at radius 1 is 0.932 bits per heavy atom. The number of sulfone groups is 1. The summed E-state index contributed by atoms with van der Waals surface area (Å²) in [6.45, 7) is 2.52. The highest BCUT2D eigenvalue weighted by Crippen LogP contribution is 2.31. The van der Waals surface area contributed by atoms with Crippen molar-refractivity contribution in [3.63, 3.8) is 0 Å². The van der Waals surface area contributed by atoms with Crippen LogP contribution in [0.25, 0.3) is 0 Å². The van der Waals surface area contributed by atoms with E-state index in [9.17, 15) is 34.8 Å². The van der Waals surface area contributed by atoms with E-state index < -0.39 is 37.2 Å². The Morgan fingerprint density at radius 3 is 2.09 bits per heavy atom. The molecule has 2 aromatic carbocycles. The second-order valence-corrected chi connectivity index (χ2v) is 16.0. The first-order valence-electron chi connectivity index (χ1n) is 14.1. The molecule has 0 radical (unpaired) electrons. The Hall–Kier alpha value is -2.10. The van der Waals surface area contributed by atoms with Crippen molar-refractivity contribution in [2.75, 3.05) is 50.4 Å². The predicted molar refractivity (Wildman–Crippen MR) is 162 cm³/mol. The molecule has 0 saturated carbocycles. The van der Waals surface area contributed by atoms with Gasteiger partial charge in [0.1, 0.15) is 5.75 Å². The number of alkyl halides is 3. The molecule has 2 fully saturated rings. The Kier molecular flexibility index (Phi) is 11.2. The molecule has 16 heteroatoms. The number of ether oxygens (including phenoxy) is 1. The number of nitrogens with zero attached hydrogens (tertiary/aromatic N) is 3. The van der Waals surface area contributed by atoms with Crippen LogP contribution in [0.4, 0.5) is 18.9 Å². The molecule has 0 atom stereocenters. The number of hydrogen-bond donors (Lipinski definition) is 0. The van der Waals surface area contributed by atoms with E-state index in [0.29, 0.717) is 74.0 Å². The van der Waals surface area contributed by atoms with Crippen molar-refractivity contribution in [2.45, 2.75) is 48.6 Å². The lowest BCUT2D eigenvalue weighted by Gasteiger charge is -2.34. The molecule has 0 N–H and O–H groups in total. The summed E-state index contributed by atoms with van der Waals surface area (Å²) < 4.78 is 92.6. The highest BCUT2D eigenvalue weighted by atomic mass is 35.5. The minimum atomic E-state index is -4.86. The fourth-order valence-electron chi connectivity index (χ4n) is 5.59. The smallest absolute Gasteiger partial charge is 0.406 e. The molecule has 1 amide bonds. The molecule has 2 aliphatic heterocycles. The van der Waals surface area contributed by atoms with Crippen molar-refractivity contribution >= 4 is 54.7 Å². The van der Waals surface area contributed by atoms with Gasteiger partial charge in [-0.3, -0.25) is 4.79 Å². The van der Waals surface area contributed by atoms with Gasteiger partial charge in [0.25, 0.3) is 0 Å². The number of carbonyl (C=O) groups excluding carboxylic acids is 1. The standard InChI is InChI=1S/C28H34Cl2F3N3O6S2/c1-43(38,39)35-17-9-20(10-18-35)27(37)36(21-3-8-25(29)26(30)19-21)14-2-13-34-15-11-24(12-16-34)44(40,41)23-6-4-22(5-7-23)42-28(31,32)33/h3-8,19-20,24H,2,9-18H2,1H3. The lowest BCUT2D eigenvalue weighted by molar-refractivity contribution is -0.274. The van der Waals surface area contributed by atoms with Crippen molar-refractivity contribution in [1.29, 1.82) is 0 Å². The maximum absolute atomic E-state index is 13.6. The van der Waals surface area contributed by atoms with Crippen LogP contribution in [0.5, 0.6) is 5.75 Å². The van der Waals surface area contributed by atoms with Gasteiger partial charge in [0.15, 0.2) is 9.84 Å². The topological polar surface area (TPSA) is 104 Å². The fourth-order valence-corrected chi connectivity index (χ4v) is 8.49. The van der Waals surface area contributed by atoms with Crippen molar-refractivity contribution in [1.82, 2.24) is 9.21 Å². The zero-order valence-electron chi connectivity index (χ0n) is 24.0. The van der Waals surface area contributed by atoms with E-state index in [-0.39, 0.29) is 29.8 Å². The SMILES string of the molecule is CS(=O)(=O)N1CCC(C(=O)N(CCCN2CCC(S(=O)(=O)c3ccc(OC(F)(F)F)cc3)CC2)c2ccc(Cl)c(Cl)c2)CC1. The van der Waals surface area contributed by atoms with E-state index in [1.807, 2.05) is 0 Å². The van der Waals surface area contributed by atoms with Gasteiger partial charge in [-0.1, -0.05) is 23.2 Å². The van der Waals surface area contributed by atoms with Crippen LogP contribution in [0.15, 0.2) is 47.4 Å². The van der Waals surface area contributed by atoms with E-state index in [2.05, 4.69) is 9.64 Å². The largest absolute Gasteiger partial charge is 0.573 e. The summed E-state index contributed by atoms with van der Waals surface area (Å²) in [4.78, 5) is 17.4. The molecular formula is C28H34Cl2F3N3O6S2. The van der Waals surface area contributed by atoms with E-state index in [1.165, 1.54) is 4.31 Å². The maximum atomic E-state index is 13.6.